The van der Waals surface area contributed by atoms with E-state index < -0.39 is 5.97 Å². The third-order valence-corrected chi connectivity index (χ3v) is 5.16. The molecule has 4 aliphatic carbocycles. The second kappa shape index (κ2) is 4.69. The SMILES string of the molecule is CC(=CCOC1C2CC3CC(C2)CC1C3)C(=O)O. The summed E-state index contributed by atoms with van der Waals surface area (Å²) in [6.07, 6.45) is 8.94. The highest BCUT2D eigenvalue weighted by Gasteiger charge is 2.48. The fraction of sp³-hybridized carbons (Fsp3) is 0.800. The molecule has 0 heterocycles. The Morgan fingerprint density at radius 3 is 2.22 bits per heavy atom. The van der Waals surface area contributed by atoms with Gasteiger partial charge in [-0.05, 0) is 68.8 Å². The van der Waals surface area contributed by atoms with Crippen molar-refractivity contribution in [2.24, 2.45) is 23.7 Å². The van der Waals surface area contributed by atoms with Gasteiger partial charge in [0.1, 0.15) is 0 Å². The van der Waals surface area contributed by atoms with Gasteiger partial charge < -0.3 is 9.84 Å². The van der Waals surface area contributed by atoms with E-state index in [2.05, 4.69) is 0 Å². The molecule has 0 spiro atoms. The number of hydrogen-bond acceptors (Lipinski definition) is 2. The minimum atomic E-state index is -0.844. The quantitative estimate of drug-likeness (QED) is 0.780. The molecule has 0 atom stereocenters. The van der Waals surface area contributed by atoms with E-state index in [1.807, 2.05) is 0 Å². The minimum Gasteiger partial charge on any atom is -0.478 e. The highest BCUT2D eigenvalue weighted by Crippen LogP contribution is 2.54. The average Bonchev–Trinajstić information content (AvgIpc) is 2.31. The summed E-state index contributed by atoms with van der Waals surface area (Å²) < 4.78 is 6.00. The molecule has 0 aromatic carbocycles. The van der Waals surface area contributed by atoms with E-state index in [1.54, 1.807) is 13.0 Å². The number of hydrogen-bond donors (Lipinski definition) is 1. The van der Waals surface area contributed by atoms with Crippen LogP contribution in [0, 0.1) is 23.7 Å². The summed E-state index contributed by atoms with van der Waals surface area (Å²) in [5.74, 6) is 2.58. The Balaban J connectivity index is 1.57. The zero-order valence-corrected chi connectivity index (χ0v) is 11.0. The molecule has 4 bridgehead atoms. The Kier molecular flexibility index (Phi) is 3.18. The van der Waals surface area contributed by atoms with Crippen molar-refractivity contribution < 1.29 is 14.6 Å². The monoisotopic (exact) mass is 250 g/mol. The maximum absolute atomic E-state index is 10.7. The topological polar surface area (TPSA) is 46.5 Å². The predicted molar refractivity (Wildman–Crippen MR) is 68.2 cm³/mol. The molecule has 4 fully saturated rings. The van der Waals surface area contributed by atoms with Gasteiger partial charge in [0.05, 0.1) is 12.7 Å². The molecule has 3 nitrogen and oxygen atoms in total. The van der Waals surface area contributed by atoms with Crippen LogP contribution in [0.25, 0.3) is 0 Å². The lowest BCUT2D eigenvalue weighted by atomic mass is 9.55. The fourth-order valence-corrected chi connectivity index (χ4v) is 4.52. The predicted octanol–water partition coefficient (Wildman–Crippen LogP) is 2.86. The van der Waals surface area contributed by atoms with Crippen LogP contribution in [0.3, 0.4) is 0 Å². The van der Waals surface area contributed by atoms with Crippen LogP contribution in [-0.4, -0.2) is 23.8 Å². The summed E-state index contributed by atoms with van der Waals surface area (Å²) in [7, 11) is 0. The standard InChI is InChI=1S/C15H22O3/c1-9(15(16)17)2-3-18-14-12-5-10-4-11(7-12)8-13(14)6-10/h2,10-14H,3-8H2,1H3,(H,16,17). The molecule has 4 saturated carbocycles. The number of carbonyl (C=O) groups is 1. The maximum Gasteiger partial charge on any atom is 0.331 e. The molecule has 4 rings (SSSR count). The van der Waals surface area contributed by atoms with E-state index in [0.717, 1.165) is 23.7 Å². The Bertz CT molecular complexity index is 344. The third-order valence-electron chi connectivity index (χ3n) is 5.16. The Morgan fingerprint density at radius 2 is 1.72 bits per heavy atom. The molecule has 0 unspecified atom stereocenters. The molecule has 18 heavy (non-hydrogen) atoms. The van der Waals surface area contributed by atoms with Gasteiger partial charge in [0.15, 0.2) is 0 Å². The summed E-state index contributed by atoms with van der Waals surface area (Å²) in [4.78, 5) is 10.7. The van der Waals surface area contributed by atoms with Crippen molar-refractivity contribution in [1.29, 1.82) is 0 Å². The van der Waals surface area contributed by atoms with Gasteiger partial charge in [-0.3, -0.25) is 0 Å². The molecule has 0 amide bonds. The molecule has 1 N–H and O–H groups in total. The maximum atomic E-state index is 10.7. The largest absolute Gasteiger partial charge is 0.478 e. The summed E-state index contributed by atoms with van der Waals surface area (Å²) in [5.41, 5.74) is 0.388. The van der Waals surface area contributed by atoms with Crippen molar-refractivity contribution in [3.05, 3.63) is 11.6 Å². The number of carboxylic acids is 1. The van der Waals surface area contributed by atoms with E-state index in [9.17, 15) is 4.79 Å². The summed E-state index contributed by atoms with van der Waals surface area (Å²) in [6.45, 7) is 2.09. The van der Waals surface area contributed by atoms with Gasteiger partial charge in [-0.25, -0.2) is 4.79 Å². The molecule has 100 valence electrons. The van der Waals surface area contributed by atoms with E-state index in [4.69, 9.17) is 9.84 Å². The Labute approximate surface area is 108 Å². The van der Waals surface area contributed by atoms with E-state index in [-0.39, 0.29) is 0 Å². The Hall–Kier alpha value is -0.830. The van der Waals surface area contributed by atoms with Crippen molar-refractivity contribution in [3.8, 4) is 0 Å². The molecule has 0 radical (unpaired) electrons. The molecule has 3 heteroatoms. The number of ether oxygens (including phenoxy) is 1. The van der Waals surface area contributed by atoms with Gasteiger partial charge in [-0.2, -0.15) is 0 Å². The van der Waals surface area contributed by atoms with Gasteiger partial charge in [-0.15, -0.1) is 0 Å². The minimum absolute atomic E-state index is 0.388. The zero-order valence-electron chi connectivity index (χ0n) is 11.0. The third kappa shape index (κ3) is 2.20. The average molecular weight is 250 g/mol. The van der Waals surface area contributed by atoms with Crippen LogP contribution in [-0.2, 0) is 9.53 Å². The molecular formula is C15H22O3. The van der Waals surface area contributed by atoms with Crippen LogP contribution < -0.4 is 0 Å². The molecule has 4 aliphatic rings. The number of carboxylic acid groups (broad SMARTS) is 1. The molecular weight excluding hydrogens is 228 g/mol. The van der Waals surface area contributed by atoms with Crippen LogP contribution in [0.1, 0.15) is 39.0 Å². The lowest BCUT2D eigenvalue weighted by Gasteiger charge is -2.53. The second-order valence-electron chi connectivity index (χ2n) is 6.42. The van der Waals surface area contributed by atoms with E-state index in [1.165, 1.54) is 32.1 Å². The first kappa shape index (κ1) is 12.2. The van der Waals surface area contributed by atoms with Crippen LogP contribution in [0.2, 0.25) is 0 Å². The van der Waals surface area contributed by atoms with E-state index in [0.29, 0.717) is 18.3 Å². The molecule has 0 aromatic rings. The van der Waals surface area contributed by atoms with Gasteiger partial charge in [0.2, 0.25) is 0 Å². The summed E-state index contributed by atoms with van der Waals surface area (Å²) >= 11 is 0. The first-order valence-electron chi connectivity index (χ1n) is 7.15. The van der Waals surface area contributed by atoms with Crippen LogP contribution in [0.5, 0.6) is 0 Å². The number of aliphatic carboxylic acids is 1. The second-order valence-corrected chi connectivity index (χ2v) is 6.42. The number of rotatable bonds is 4. The van der Waals surface area contributed by atoms with Gasteiger partial charge in [0, 0.05) is 5.57 Å². The van der Waals surface area contributed by atoms with Crippen molar-refractivity contribution in [2.45, 2.75) is 45.1 Å². The van der Waals surface area contributed by atoms with E-state index >= 15 is 0 Å². The summed E-state index contributed by atoms with van der Waals surface area (Å²) in [5, 5.41) is 8.80. The smallest absolute Gasteiger partial charge is 0.331 e. The zero-order chi connectivity index (χ0) is 12.7. The highest BCUT2D eigenvalue weighted by molar-refractivity contribution is 5.85. The van der Waals surface area contributed by atoms with Crippen LogP contribution in [0.4, 0.5) is 0 Å². The van der Waals surface area contributed by atoms with Crippen molar-refractivity contribution in [1.82, 2.24) is 0 Å². The van der Waals surface area contributed by atoms with Crippen molar-refractivity contribution in [3.63, 3.8) is 0 Å². The fourth-order valence-electron chi connectivity index (χ4n) is 4.52. The lowest BCUT2D eigenvalue weighted by Crippen LogP contribution is -2.49. The molecule has 0 saturated heterocycles. The van der Waals surface area contributed by atoms with Crippen molar-refractivity contribution >= 4 is 5.97 Å². The normalized spacial score (nSPS) is 42.3. The van der Waals surface area contributed by atoms with Gasteiger partial charge in [0.25, 0.3) is 0 Å². The Morgan fingerprint density at radius 1 is 1.17 bits per heavy atom. The summed E-state index contributed by atoms with van der Waals surface area (Å²) in [6, 6.07) is 0. The van der Waals surface area contributed by atoms with Crippen LogP contribution >= 0.6 is 0 Å². The first-order chi connectivity index (χ1) is 8.63. The van der Waals surface area contributed by atoms with Gasteiger partial charge >= 0.3 is 5.97 Å². The highest BCUT2D eigenvalue weighted by atomic mass is 16.5. The molecule has 0 aliphatic heterocycles. The molecule has 0 aromatic heterocycles. The first-order valence-corrected chi connectivity index (χ1v) is 7.15. The van der Waals surface area contributed by atoms with Crippen LogP contribution in [0.15, 0.2) is 11.6 Å². The van der Waals surface area contributed by atoms with Gasteiger partial charge in [-0.1, -0.05) is 0 Å². The lowest BCUT2D eigenvalue weighted by molar-refractivity contribution is -0.132. The van der Waals surface area contributed by atoms with Crippen molar-refractivity contribution in [2.75, 3.05) is 6.61 Å².